The maximum atomic E-state index is 13.8. The van der Waals surface area contributed by atoms with Gasteiger partial charge in [-0.25, -0.2) is 4.79 Å². The molecule has 9 heteroatoms. The largest absolute Gasteiger partial charge is 0.329 e. The minimum atomic E-state index is -0.384. The lowest BCUT2D eigenvalue weighted by molar-refractivity contribution is -0.126. The average molecular weight is 514 g/mol. The number of carbonyl (C=O) groups excluding carboxylic acids is 1. The van der Waals surface area contributed by atoms with Gasteiger partial charge in [-0.05, 0) is 72.1 Å². The van der Waals surface area contributed by atoms with Crippen LogP contribution in [0.1, 0.15) is 70.3 Å². The second-order valence-corrected chi connectivity index (χ2v) is 10.6. The van der Waals surface area contributed by atoms with Crippen LogP contribution < -0.4 is 5.69 Å². The van der Waals surface area contributed by atoms with Crippen molar-refractivity contribution in [2.45, 2.75) is 71.9 Å². The van der Waals surface area contributed by atoms with Gasteiger partial charge in [0.1, 0.15) is 0 Å². The van der Waals surface area contributed by atoms with Gasteiger partial charge < -0.3 is 0 Å². The summed E-state index contributed by atoms with van der Waals surface area (Å²) in [5.41, 5.74) is 4.49. The first-order chi connectivity index (χ1) is 18.5. The van der Waals surface area contributed by atoms with Crippen LogP contribution in [0.25, 0.3) is 22.5 Å². The van der Waals surface area contributed by atoms with Crippen molar-refractivity contribution in [2.75, 3.05) is 0 Å². The maximum absolute atomic E-state index is 13.8. The highest BCUT2D eigenvalue weighted by Crippen LogP contribution is 2.36. The van der Waals surface area contributed by atoms with Crippen LogP contribution in [0, 0.1) is 11.8 Å². The Morgan fingerprint density at radius 3 is 2.68 bits per heavy atom. The van der Waals surface area contributed by atoms with Gasteiger partial charge >= 0.3 is 5.69 Å². The van der Waals surface area contributed by atoms with Crippen molar-refractivity contribution in [1.29, 1.82) is 0 Å². The lowest BCUT2D eigenvalue weighted by Gasteiger charge is -2.33. The summed E-state index contributed by atoms with van der Waals surface area (Å²) in [5, 5.41) is 14.3. The summed E-state index contributed by atoms with van der Waals surface area (Å²) in [7, 11) is 0. The van der Waals surface area contributed by atoms with Gasteiger partial charge in [0, 0.05) is 30.1 Å². The summed E-state index contributed by atoms with van der Waals surface area (Å²) in [5.74, 6) is 1.22. The molecule has 1 aliphatic carbocycles. The van der Waals surface area contributed by atoms with Crippen LogP contribution in [0.15, 0.2) is 53.6 Å². The predicted octanol–water partition coefficient (Wildman–Crippen LogP) is 4.85. The molecule has 0 bridgehead atoms. The number of nitrogens with zero attached hydrogens (tertiary/aromatic N) is 6. The molecule has 1 aliphatic rings. The Morgan fingerprint density at radius 1 is 1.11 bits per heavy atom. The topological polar surface area (TPSA) is 111 Å². The molecular weight excluding hydrogens is 478 g/mol. The zero-order valence-electron chi connectivity index (χ0n) is 22.3. The van der Waals surface area contributed by atoms with Crippen LogP contribution >= 0.6 is 0 Å². The number of nitrogens with one attached hydrogen (secondary N) is 1. The second-order valence-electron chi connectivity index (χ2n) is 10.6. The van der Waals surface area contributed by atoms with E-state index in [0.29, 0.717) is 24.7 Å². The minimum absolute atomic E-state index is 0.117. The Morgan fingerprint density at radius 2 is 1.92 bits per heavy atom. The fourth-order valence-corrected chi connectivity index (χ4v) is 5.62. The molecule has 0 spiro atoms. The highest BCUT2D eigenvalue weighted by Gasteiger charge is 2.36. The van der Waals surface area contributed by atoms with Gasteiger partial charge in [0.25, 0.3) is 0 Å². The van der Waals surface area contributed by atoms with Crippen LogP contribution in [0.2, 0.25) is 0 Å². The molecule has 0 radical (unpaired) electrons. The molecule has 1 fully saturated rings. The third-order valence-corrected chi connectivity index (χ3v) is 7.66. The molecule has 38 heavy (non-hydrogen) atoms. The number of benzene rings is 1. The number of rotatable bonds is 9. The molecule has 198 valence electrons. The van der Waals surface area contributed by atoms with E-state index in [1.807, 2.05) is 47.2 Å². The molecule has 3 aromatic heterocycles. The molecule has 4 aromatic rings. The van der Waals surface area contributed by atoms with E-state index in [-0.39, 0.29) is 23.4 Å². The molecule has 1 N–H and O–H groups in total. The summed E-state index contributed by atoms with van der Waals surface area (Å²) < 4.78 is 3.55. The van der Waals surface area contributed by atoms with Crippen LogP contribution in [0.4, 0.5) is 0 Å². The van der Waals surface area contributed by atoms with Crippen molar-refractivity contribution in [3.8, 4) is 22.5 Å². The smallest absolute Gasteiger partial charge is 0.297 e. The number of H-pyrrole nitrogens is 1. The van der Waals surface area contributed by atoms with E-state index in [0.717, 1.165) is 60.2 Å². The highest BCUT2D eigenvalue weighted by molar-refractivity contribution is 5.83. The van der Waals surface area contributed by atoms with E-state index in [4.69, 9.17) is 0 Å². The molecule has 2 unspecified atom stereocenters. The van der Waals surface area contributed by atoms with E-state index in [1.54, 1.807) is 10.8 Å². The number of aromatic amines is 1. The van der Waals surface area contributed by atoms with E-state index < -0.39 is 0 Å². The quantitative estimate of drug-likeness (QED) is 0.342. The molecule has 3 heterocycles. The van der Waals surface area contributed by atoms with E-state index in [1.165, 1.54) is 0 Å². The van der Waals surface area contributed by atoms with Gasteiger partial charge in [-0.3, -0.25) is 18.9 Å². The Kier molecular flexibility index (Phi) is 7.62. The van der Waals surface area contributed by atoms with Gasteiger partial charge in [-0.1, -0.05) is 45.4 Å². The zero-order valence-corrected chi connectivity index (χ0v) is 22.3. The van der Waals surface area contributed by atoms with Crippen LogP contribution in [-0.4, -0.2) is 40.5 Å². The Balaban J connectivity index is 1.49. The maximum Gasteiger partial charge on any atom is 0.329 e. The molecular formula is C29H35N7O2. The first-order valence-electron chi connectivity index (χ1n) is 13.6. The number of Topliss-reactive ketones (excluding diaryl/α,β-unsaturated/α-hetero) is 1. The average Bonchev–Trinajstić information content (AvgIpc) is 3.57. The minimum Gasteiger partial charge on any atom is -0.297 e. The number of unbranched alkanes of at least 4 members (excludes halogenated alkanes) is 1. The van der Waals surface area contributed by atoms with E-state index >= 15 is 0 Å². The predicted molar refractivity (Wildman–Crippen MR) is 145 cm³/mol. The Bertz CT molecular complexity index is 1450. The molecule has 9 nitrogen and oxygen atoms in total. The van der Waals surface area contributed by atoms with Crippen molar-refractivity contribution in [2.24, 2.45) is 11.8 Å². The fraction of sp³-hybridized carbons (Fsp3) is 0.448. The van der Waals surface area contributed by atoms with Crippen LogP contribution in [0.5, 0.6) is 0 Å². The number of ketones is 1. The third kappa shape index (κ3) is 5.23. The van der Waals surface area contributed by atoms with Crippen LogP contribution in [0.3, 0.4) is 0 Å². The molecule has 0 amide bonds. The van der Waals surface area contributed by atoms with Gasteiger partial charge in [-0.15, -0.1) is 10.2 Å². The Hall–Kier alpha value is -3.88. The summed E-state index contributed by atoms with van der Waals surface area (Å²) in [6.45, 7) is 6.81. The summed E-state index contributed by atoms with van der Waals surface area (Å²) in [4.78, 5) is 31.5. The molecule has 1 aromatic carbocycles. The summed E-state index contributed by atoms with van der Waals surface area (Å²) in [6, 6.07) is 11.5. The van der Waals surface area contributed by atoms with Crippen LogP contribution in [-0.2, 0) is 17.8 Å². The second kappa shape index (κ2) is 11.2. The fourth-order valence-electron chi connectivity index (χ4n) is 5.62. The monoisotopic (exact) mass is 513 g/mol. The third-order valence-electron chi connectivity index (χ3n) is 7.66. The number of carbonyl (C=O) groups is 1. The van der Waals surface area contributed by atoms with Gasteiger partial charge in [0.2, 0.25) is 5.82 Å². The lowest BCUT2D eigenvalue weighted by Crippen LogP contribution is -2.39. The normalized spacial score (nSPS) is 17.8. The number of tetrazole rings is 1. The van der Waals surface area contributed by atoms with Gasteiger partial charge in [0.05, 0.1) is 18.3 Å². The SMILES string of the molecule is CCCCc1cn(C2C(=O)CCCC2C(C)C)c(=O)n1Cc1cc(-c2cccc(-c3nn[nH]n3)c2)ccn1. The van der Waals surface area contributed by atoms with Crippen molar-refractivity contribution in [1.82, 2.24) is 34.7 Å². The summed E-state index contributed by atoms with van der Waals surface area (Å²) in [6.07, 6.45) is 8.94. The van der Waals surface area contributed by atoms with Crippen molar-refractivity contribution in [3.05, 3.63) is 70.7 Å². The summed E-state index contributed by atoms with van der Waals surface area (Å²) >= 11 is 0. The molecule has 0 saturated heterocycles. The van der Waals surface area contributed by atoms with Gasteiger partial charge in [-0.2, -0.15) is 5.21 Å². The number of imidazole rings is 1. The highest BCUT2D eigenvalue weighted by atomic mass is 16.2. The van der Waals surface area contributed by atoms with E-state index in [2.05, 4.69) is 46.4 Å². The van der Waals surface area contributed by atoms with Crippen molar-refractivity contribution >= 4 is 5.78 Å². The molecule has 0 aliphatic heterocycles. The first-order valence-corrected chi connectivity index (χ1v) is 13.6. The van der Waals surface area contributed by atoms with Gasteiger partial charge in [0.15, 0.2) is 5.78 Å². The Labute approximate surface area is 222 Å². The molecule has 1 saturated carbocycles. The standard InChI is InChI=1S/C29H35N7O2/c1-4-5-10-24-18-36(27-25(19(2)3)11-7-12-26(27)37)29(38)35(24)17-23-16-21(13-14-30-23)20-8-6-9-22(15-20)28-31-33-34-32-28/h6,8-9,13-16,18-19,25,27H,4-5,7,10-12,17H2,1-3H3,(H,31,32,33,34). The molecule has 2 atom stereocenters. The number of aryl methyl sites for hydroxylation is 1. The zero-order chi connectivity index (χ0) is 26.6. The van der Waals surface area contributed by atoms with Crippen molar-refractivity contribution < 1.29 is 4.79 Å². The lowest BCUT2D eigenvalue weighted by atomic mass is 9.77. The van der Waals surface area contributed by atoms with E-state index in [9.17, 15) is 9.59 Å². The number of aromatic nitrogens is 7. The number of pyridine rings is 1. The molecule has 5 rings (SSSR count). The number of hydrogen-bond donors (Lipinski definition) is 1. The first kappa shape index (κ1) is 25.8. The van der Waals surface area contributed by atoms with Crippen molar-refractivity contribution in [3.63, 3.8) is 0 Å². The number of hydrogen-bond acceptors (Lipinski definition) is 6.